The van der Waals surface area contributed by atoms with Crippen LogP contribution in [-0.4, -0.2) is 54.9 Å². The van der Waals surface area contributed by atoms with E-state index < -0.39 is 11.8 Å². The number of carbonyl (C=O) groups is 2. The fourth-order valence-electron chi connectivity index (χ4n) is 1.80. The molecule has 1 aromatic heterocycles. The molecule has 0 unspecified atom stereocenters. The average molecular weight is 248 g/mol. The molecule has 96 valence electrons. The third-order valence-electron chi connectivity index (χ3n) is 2.88. The van der Waals surface area contributed by atoms with Gasteiger partial charge in [0.05, 0.1) is 0 Å². The number of carbonyl (C=O) groups excluding carboxylic acids is 2. The molecule has 1 N–H and O–H groups in total. The van der Waals surface area contributed by atoms with E-state index in [4.69, 9.17) is 0 Å². The van der Waals surface area contributed by atoms with Crippen molar-refractivity contribution >= 4 is 17.6 Å². The summed E-state index contributed by atoms with van der Waals surface area (Å²) in [7, 11) is 1.56. The van der Waals surface area contributed by atoms with Gasteiger partial charge in [0.1, 0.15) is 5.82 Å². The lowest BCUT2D eigenvalue weighted by molar-refractivity contribution is -0.144. The molecule has 0 atom stereocenters. The molecule has 1 aromatic rings. The van der Waals surface area contributed by atoms with Crippen LogP contribution >= 0.6 is 0 Å². The Morgan fingerprint density at radius 2 is 2.06 bits per heavy atom. The minimum Gasteiger partial charge on any atom is -0.332 e. The van der Waals surface area contributed by atoms with E-state index in [2.05, 4.69) is 10.3 Å². The lowest BCUT2D eigenvalue weighted by Crippen LogP contribution is -2.51. The summed E-state index contributed by atoms with van der Waals surface area (Å²) in [6.07, 6.45) is 1.59. The second-order valence-electron chi connectivity index (χ2n) is 4.09. The van der Waals surface area contributed by atoms with E-state index in [-0.39, 0.29) is 0 Å². The van der Waals surface area contributed by atoms with Crippen LogP contribution in [0, 0.1) is 0 Å². The first-order valence-corrected chi connectivity index (χ1v) is 5.89. The quantitative estimate of drug-likeness (QED) is 0.679. The van der Waals surface area contributed by atoms with Crippen LogP contribution in [0.5, 0.6) is 0 Å². The van der Waals surface area contributed by atoms with Gasteiger partial charge in [0.25, 0.3) is 0 Å². The molecule has 1 saturated heterocycles. The number of likely N-dealkylation sites (N-methyl/N-ethyl adjacent to an activating group) is 1. The van der Waals surface area contributed by atoms with Crippen molar-refractivity contribution in [3.63, 3.8) is 0 Å². The summed E-state index contributed by atoms with van der Waals surface area (Å²) in [5.74, 6) is -0.536. The zero-order valence-electron chi connectivity index (χ0n) is 10.3. The first-order chi connectivity index (χ1) is 8.70. The van der Waals surface area contributed by atoms with Crippen molar-refractivity contribution in [2.75, 3.05) is 38.1 Å². The van der Waals surface area contributed by atoms with Gasteiger partial charge in [-0.2, -0.15) is 0 Å². The molecule has 1 aliphatic rings. The number of aromatic nitrogens is 1. The molecule has 6 nitrogen and oxygen atoms in total. The van der Waals surface area contributed by atoms with Gasteiger partial charge in [0, 0.05) is 39.4 Å². The highest BCUT2D eigenvalue weighted by atomic mass is 16.2. The molecule has 0 saturated carbocycles. The Morgan fingerprint density at radius 1 is 1.33 bits per heavy atom. The van der Waals surface area contributed by atoms with Crippen molar-refractivity contribution in [1.82, 2.24) is 15.2 Å². The van der Waals surface area contributed by atoms with Crippen LogP contribution in [0.4, 0.5) is 5.82 Å². The molecule has 2 amide bonds. The predicted octanol–water partition coefficient (Wildman–Crippen LogP) is -0.524. The first-order valence-electron chi connectivity index (χ1n) is 5.89. The van der Waals surface area contributed by atoms with Crippen LogP contribution in [0.1, 0.15) is 0 Å². The summed E-state index contributed by atoms with van der Waals surface area (Å²) in [6, 6.07) is 5.24. The Kier molecular flexibility index (Phi) is 3.88. The molecule has 2 heterocycles. The van der Waals surface area contributed by atoms with Crippen molar-refractivity contribution in [2.24, 2.45) is 0 Å². The second-order valence-corrected chi connectivity index (χ2v) is 4.09. The number of nitrogens with zero attached hydrogens (tertiary/aromatic N) is 3. The zero-order valence-corrected chi connectivity index (χ0v) is 10.3. The third-order valence-corrected chi connectivity index (χ3v) is 2.88. The van der Waals surface area contributed by atoms with Gasteiger partial charge >= 0.3 is 11.8 Å². The summed E-state index contributed by atoms with van der Waals surface area (Å²) in [5, 5.41) is 3.14. The number of hydrogen-bond donors (Lipinski definition) is 1. The largest absolute Gasteiger partial charge is 0.332 e. The highest BCUT2D eigenvalue weighted by Gasteiger charge is 2.27. The minimum absolute atomic E-state index is 0.468. The molecule has 0 radical (unpaired) electrons. The molecular weight excluding hydrogens is 232 g/mol. The first kappa shape index (κ1) is 12.5. The van der Waals surface area contributed by atoms with Crippen molar-refractivity contribution in [2.45, 2.75) is 0 Å². The van der Waals surface area contributed by atoms with E-state index in [1.165, 1.54) is 4.90 Å². The number of piperazine rings is 1. The van der Waals surface area contributed by atoms with E-state index >= 15 is 0 Å². The third kappa shape index (κ3) is 2.65. The van der Waals surface area contributed by atoms with E-state index in [0.717, 1.165) is 13.1 Å². The van der Waals surface area contributed by atoms with Crippen molar-refractivity contribution in [1.29, 1.82) is 0 Å². The van der Waals surface area contributed by atoms with E-state index in [9.17, 15) is 9.59 Å². The summed E-state index contributed by atoms with van der Waals surface area (Å²) in [4.78, 5) is 30.9. The van der Waals surface area contributed by atoms with Gasteiger partial charge in [0.2, 0.25) is 0 Å². The number of anilines is 1. The molecule has 18 heavy (non-hydrogen) atoms. The molecule has 2 rings (SSSR count). The molecule has 1 fully saturated rings. The number of hydrogen-bond acceptors (Lipinski definition) is 4. The zero-order chi connectivity index (χ0) is 13.0. The van der Waals surface area contributed by atoms with Crippen LogP contribution in [0.3, 0.4) is 0 Å². The molecule has 0 bridgehead atoms. The average Bonchev–Trinajstić information content (AvgIpc) is 2.47. The van der Waals surface area contributed by atoms with Crippen LogP contribution in [0.25, 0.3) is 0 Å². The predicted molar refractivity (Wildman–Crippen MR) is 67.1 cm³/mol. The number of amides is 2. The summed E-state index contributed by atoms with van der Waals surface area (Å²) >= 11 is 0. The second kappa shape index (κ2) is 5.59. The monoisotopic (exact) mass is 248 g/mol. The fourth-order valence-corrected chi connectivity index (χ4v) is 1.80. The molecule has 6 heteroatoms. The van der Waals surface area contributed by atoms with E-state index in [0.29, 0.717) is 18.9 Å². The number of nitrogens with one attached hydrogen (secondary N) is 1. The summed E-state index contributed by atoms with van der Waals surface area (Å²) in [6.45, 7) is 2.60. The maximum Gasteiger partial charge on any atom is 0.317 e. The number of rotatable bonds is 1. The van der Waals surface area contributed by atoms with Gasteiger partial charge in [-0.15, -0.1) is 0 Å². The maximum atomic E-state index is 12.0. The topological polar surface area (TPSA) is 65.5 Å². The molecule has 0 spiro atoms. The number of pyridine rings is 1. The van der Waals surface area contributed by atoms with Gasteiger partial charge in [-0.1, -0.05) is 6.07 Å². The van der Waals surface area contributed by atoms with Crippen LogP contribution in [0.2, 0.25) is 0 Å². The van der Waals surface area contributed by atoms with Crippen LogP contribution in [-0.2, 0) is 9.59 Å². The lowest BCUT2D eigenvalue weighted by atomic mass is 10.3. The highest BCUT2D eigenvalue weighted by molar-refractivity contribution is 6.40. The Morgan fingerprint density at radius 3 is 2.67 bits per heavy atom. The normalized spacial score (nSPS) is 15.3. The van der Waals surface area contributed by atoms with Gasteiger partial charge in [0.15, 0.2) is 0 Å². The smallest absolute Gasteiger partial charge is 0.317 e. The van der Waals surface area contributed by atoms with Crippen molar-refractivity contribution < 1.29 is 9.59 Å². The van der Waals surface area contributed by atoms with Gasteiger partial charge in [-0.3, -0.25) is 14.5 Å². The van der Waals surface area contributed by atoms with E-state index in [1.807, 2.05) is 0 Å². The maximum absolute atomic E-state index is 12.0. The Labute approximate surface area is 106 Å². The summed E-state index contributed by atoms with van der Waals surface area (Å²) in [5.41, 5.74) is 0. The molecule has 1 aliphatic heterocycles. The SMILES string of the molecule is CN(C(=O)C(=O)N1CCNCC1)c1ccccn1. The minimum atomic E-state index is -0.546. The van der Waals surface area contributed by atoms with E-state index in [1.54, 1.807) is 36.3 Å². The standard InChI is InChI=1S/C12H16N4O2/c1-15(10-4-2-3-5-14-10)11(17)12(18)16-8-6-13-7-9-16/h2-5,13H,6-9H2,1H3. The van der Waals surface area contributed by atoms with Gasteiger partial charge in [-0.05, 0) is 12.1 Å². The molecule has 0 aromatic carbocycles. The summed E-state index contributed by atoms with van der Waals surface area (Å²) < 4.78 is 0. The van der Waals surface area contributed by atoms with Gasteiger partial charge in [-0.25, -0.2) is 4.98 Å². The van der Waals surface area contributed by atoms with Gasteiger partial charge < -0.3 is 10.2 Å². The molecular formula is C12H16N4O2. The molecule has 0 aliphatic carbocycles. The van der Waals surface area contributed by atoms with Crippen molar-refractivity contribution in [3.8, 4) is 0 Å². The highest BCUT2D eigenvalue weighted by Crippen LogP contribution is 2.08. The fraction of sp³-hybridized carbons (Fsp3) is 0.417. The Hall–Kier alpha value is -1.95. The van der Waals surface area contributed by atoms with Crippen LogP contribution in [0.15, 0.2) is 24.4 Å². The van der Waals surface area contributed by atoms with Crippen molar-refractivity contribution in [3.05, 3.63) is 24.4 Å². The Balaban J connectivity index is 2.04. The Bertz CT molecular complexity index is 429. The lowest BCUT2D eigenvalue weighted by Gasteiger charge is -2.28. The van der Waals surface area contributed by atoms with Crippen LogP contribution < -0.4 is 10.2 Å².